The summed E-state index contributed by atoms with van der Waals surface area (Å²) in [5.74, 6) is -0.911. The summed E-state index contributed by atoms with van der Waals surface area (Å²) in [6.07, 6.45) is 0.726. The number of amides is 2. The maximum atomic E-state index is 12.3. The topological polar surface area (TPSA) is 108 Å². The van der Waals surface area contributed by atoms with Gasteiger partial charge in [0.15, 0.2) is 18.1 Å². The van der Waals surface area contributed by atoms with Gasteiger partial charge in [0.25, 0.3) is 11.8 Å². The van der Waals surface area contributed by atoms with Gasteiger partial charge in [0, 0.05) is 24.1 Å². The Labute approximate surface area is 171 Å². The molecule has 9 nitrogen and oxygen atoms in total. The van der Waals surface area contributed by atoms with Crippen LogP contribution in [-0.2, 0) is 21.4 Å². The molecule has 1 aliphatic rings. The van der Waals surface area contributed by atoms with Gasteiger partial charge in [-0.25, -0.2) is 4.79 Å². The van der Waals surface area contributed by atoms with Crippen LogP contribution in [0.1, 0.15) is 10.4 Å². The number of benzene rings is 2. The number of hydrogen-bond acceptors (Lipinski definition) is 6. The highest BCUT2D eigenvalue weighted by atomic mass is 16.6. The molecule has 0 radical (unpaired) electrons. The van der Waals surface area contributed by atoms with E-state index in [2.05, 4.69) is 10.9 Å². The van der Waals surface area contributed by atoms with E-state index in [1.54, 1.807) is 41.1 Å². The summed E-state index contributed by atoms with van der Waals surface area (Å²) in [6, 6.07) is 14.3. The lowest BCUT2D eigenvalue weighted by Crippen LogP contribution is -2.51. The van der Waals surface area contributed by atoms with E-state index < -0.39 is 30.5 Å². The molecule has 9 heteroatoms. The summed E-state index contributed by atoms with van der Waals surface area (Å²) >= 11 is 0. The third-order valence-electron chi connectivity index (χ3n) is 4.58. The normalized spacial score (nSPS) is 14.8. The second kappa shape index (κ2) is 8.16. The van der Waals surface area contributed by atoms with Crippen molar-refractivity contribution in [3.8, 4) is 11.5 Å². The second-order valence-electron chi connectivity index (χ2n) is 6.65. The number of carbonyl (C=O) groups excluding carboxylic acids is 3. The molecule has 2 amide bonds. The third kappa shape index (κ3) is 3.90. The Morgan fingerprint density at radius 1 is 1.07 bits per heavy atom. The monoisotopic (exact) mass is 409 g/mol. The Hall–Kier alpha value is -4.01. The van der Waals surface area contributed by atoms with E-state index in [1.165, 1.54) is 0 Å². The van der Waals surface area contributed by atoms with Gasteiger partial charge in [-0.3, -0.25) is 20.4 Å². The van der Waals surface area contributed by atoms with E-state index in [1.807, 2.05) is 25.2 Å². The fourth-order valence-corrected chi connectivity index (χ4v) is 3.11. The molecule has 2 aromatic carbocycles. The Bertz CT molecular complexity index is 1120. The van der Waals surface area contributed by atoms with Gasteiger partial charge in [0.2, 0.25) is 6.10 Å². The highest BCUT2D eigenvalue weighted by Gasteiger charge is 2.27. The van der Waals surface area contributed by atoms with Crippen LogP contribution in [0.4, 0.5) is 0 Å². The standard InChI is InChI=1S/C21H19N3O6/c1-24-10-14(13-6-2-3-7-15(13)24)21(27)29-12-19(25)22-23-20(26)18-11-28-16-8-4-5-9-17(16)30-18/h2-10,18H,11-12H2,1H3,(H,22,25)(H,23,26). The molecule has 3 aromatic rings. The molecule has 0 aliphatic carbocycles. The molecule has 1 atom stereocenters. The number of rotatable bonds is 4. The lowest BCUT2D eigenvalue weighted by atomic mass is 10.2. The molecular formula is C21H19N3O6. The van der Waals surface area contributed by atoms with Crippen LogP contribution in [-0.4, -0.2) is 41.7 Å². The third-order valence-corrected chi connectivity index (χ3v) is 4.58. The fourth-order valence-electron chi connectivity index (χ4n) is 3.11. The van der Waals surface area contributed by atoms with Crippen LogP contribution in [0.15, 0.2) is 54.7 Å². The lowest BCUT2D eigenvalue weighted by Gasteiger charge is -2.25. The van der Waals surface area contributed by atoms with Crippen LogP contribution >= 0.6 is 0 Å². The minimum Gasteiger partial charge on any atom is -0.485 e. The van der Waals surface area contributed by atoms with Crippen LogP contribution in [0.2, 0.25) is 0 Å². The fraction of sp³-hybridized carbons (Fsp3) is 0.190. The summed E-state index contributed by atoms with van der Waals surface area (Å²) in [7, 11) is 1.82. The first-order chi connectivity index (χ1) is 14.5. The van der Waals surface area contributed by atoms with Crippen LogP contribution < -0.4 is 20.3 Å². The Morgan fingerprint density at radius 3 is 2.63 bits per heavy atom. The van der Waals surface area contributed by atoms with Crippen molar-refractivity contribution in [1.82, 2.24) is 15.4 Å². The van der Waals surface area contributed by atoms with Crippen LogP contribution in [0.5, 0.6) is 11.5 Å². The summed E-state index contributed by atoms with van der Waals surface area (Å²) in [6.45, 7) is -0.540. The molecule has 30 heavy (non-hydrogen) atoms. The van der Waals surface area contributed by atoms with E-state index in [9.17, 15) is 14.4 Å². The zero-order valence-corrected chi connectivity index (χ0v) is 16.1. The van der Waals surface area contributed by atoms with E-state index >= 15 is 0 Å². The zero-order valence-electron chi connectivity index (χ0n) is 16.1. The van der Waals surface area contributed by atoms with Gasteiger partial charge in [-0.2, -0.15) is 0 Å². The average molecular weight is 409 g/mol. The minimum absolute atomic E-state index is 0.00871. The number of esters is 1. The van der Waals surface area contributed by atoms with Gasteiger partial charge in [-0.1, -0.05) is 30.3 Å². The Balaban J connectivity index is 1.27. The maximum absolute atomic E-state index is 12.3. The van der Waals surface area contributed by atoms with Gasteiger partial charge in [0.1, 0.15) is 6.61 Å². The number of aryl methyl sites for hydroxylation is 1. The number of nitrogens with one attached hydrogen (secondary N) is 2. The van der Waals surface area contributed by atoms with Gasteiger partial charge >= 0.3 is 5.97 Å². The second-order valence-corrected chi connectivity index (χ2v) is 6.65. The molecule has 2 heterocycles. The molecule has 4 rings (SSSR count). The van der Waals surface area contributed by atoms with Crippen molar-refractivity contribution in [1.29, 1.82) is 0 Å². The number of para-hydroxylation sites is 3. The molecule has 154 valence electrons. The average Bonchev–Trinajstić information content (AvgIpc) is 3.12. The van der Waals surface area contributed by atoms with E-state index in [0.717, 1.165) is 10.9 Å². The van der Waals surface area contributed by atoms with E-state index in [0.29, 0.717) is 17.1 Å². The SMILES string of the molecule is Cn1cc(C(=O)OCC(=O)NNC(=O)C2COc3ccccc3O2)c2ccccc21. The Morgan fingerprint density at radius 2 is 1.80 bits per heavy atom. The molecule has 0 spiro atoms. The van der Waals surface area contributed by atoms with Crippen molar-refractivity contribution in [3.05, 3.63) is 60.3 Å². The molecule has 1 aliphatic heterocycles. The highest BCUT2D eigenvalue weighted by Crippen LogP contribution is 2.30. The van der Waals surface area contributed by atoms with Crippen molar-refractivity contribution in [2.24, 2.45) is 7.05 Å². The summed E-state index contributed by atoms with van der Waals surface area (Å²) in [5.41, 5.74) is 5.67. The number of fused-ring (bicyclic) bond motifs is 2. The number of nitrogens with zero attached hydrogens (tertiary/aromatic N) is 1. The van der Waals surface area contributed by atoms with E-state index in [4.69, 9.17) is 14.2 Å². The van der Waals surface area contributed by atoms with Crippen LogP contribution in [0.25, 0.3) is 10.9 Å². The summed E-state index contributed by atoms with van der Waals surface area (Å²) in [5, 5.41) is 0.730. The first kappa shape index (κ1) is 19.3. The molecule has 2 N–H and O–H groups in total. The van der Waals surface area contributed by atoms with Crippen molar-refractivity contribution >= 4 is 28.7 Å². The molecule has 1 unspecified atom stereocenters. The number of hydrazine groups is 1. The Kier molecular flexibility index (Phi) is 5.25. The lowest BCUT2D eigenvalue weighted by molar-refractivity contribution is -0.135. The van der Waals surface area contributed by atoms with Crippen molar-refractivity contribution in [3.63, 3.8) is 0 Å². The van der Waals surface area contributed by atoms with Gasteiger partial charge in [-0.05, 0) is 18.2 Å². The van der Waals surface area contributed by atoms with Crippen molar-refractivity contribution in [2.75, 3.05) is 13.2 Å². The zero-order chi connectivity index (χ0) is 21.1. The predicted octanol–water partition coefficient (Wildman–Crippen LogP) is 1.32. The van der Waals surface area contributed by atoms with Crippen molar-refractivity contribution in [2.45, 2.75) is 6.10 Å². The van der Waals surface area contributed by atoms with Crippen LogP contribution in [0.3, 0.4) is 0 Å². The molecule has 0 saturated carbocycles. The molecule has 0 fully saturated rings. The number of hydrogen-bond donors (Lipinski definition) is 2. The van der Waals surface area contributed by atoms with Crippen molar-refractivity contribution < 1.29 is 28.6 Å². The first-order valence-electron chi connectivity index (χ1n) is 9.21. The van der Waals surface area contributed by atoms with E-state index in [-0.39, 0.29) is 6.61 Å². The molecule has 0 saturated heterocycles. The van der Waals surface area contributed by atoms with Gasteiger partial charge in [-0.15, -0.1) is 0 Å². The molecule has 1 aromatic heterocycles. The number of aromatic nitrogens is 1. The highest BCUT2D eigenvalue weighted by molar-refractivity contribution is 6.04. The number of carbonyl (C=O) groups is 3. The first-order valence-corrected chi connectivity index (χ1v) is 9.21. The predicted molar refractivity (Wildman–Crippen MR) is 106 cm³/mol. The number of ether oxygens (including phenoxy) is 3. The molecule has 0 bridgehead atoms. The van der Waals surface area contributed by atoms with Crippen LogP contribution in [0, 0.1) is 0 Å². The quantitative estimate of drug-likeness (QED) is 0.497. The smallest absolute Gasteiger partial charge is 0.340 e. The van der Waals surface area contributed by atoms with Gasteiger partial charge < -0.3 is 18.8 Å². The molecular weight excluding hydrogens is 390 g/mol. The summed E-state index contributed by atoms with van der Waals surface area (Å²) < 4.78 is 17.9. The minimum atomic E-state index is -0.918. The largest absolute Gasteiger partial charge is 0.485 e. The van der Waals surface area contributed by atoms with Gasteiger partial charge in [0.05, 0.1) is 5.56 Å². The summed E-state index contributed by atoms with van der Waals surface area (Å²) in [4.78, 5) is 36.5. The maximum Gasteiger partial charge on any atom is 0.340 e.